The summed E-state index contributed by atoms with van der Waals surface area (Å²) in [5, 5.41) is 3.32. The van der Waals surface area contributed by atoms with E-state index in [-0.39, 0.29) is 17.8 Å². The van der Waals surface area contributed by atoms with Gasteiger partial charge in [0.25, 0.3) is 0 Å². The second-order valence-electron chi connectivity index (χ2n) is 5.78. The number of hydrogen-bond acceptors (Lipinski definition) is 4. The summed E-state index contributed by atoms with van der Waals surface area (Å²) in [5.41, 5.74) is 0. The van der Waals surface area contributed by atoms with E-state index in [4.69, 9.17) is 4.42 Å². The standard InChI is InChI=1S/C14H22N2O3S/c17-20(18,11-12-4-1-2-8-15-12)16(13-6-7-13)10-14-5-3-9-19-14/h3,5,9,12-13,15H,1-2,4,6-8,10-11H2. The number of hydrogen-bond donors (Lipinski definition) is 1. The quantitative estimate of drug-likeness (QED) is 0.868. The van der Waals surface area contributed by atoms with Crippen LogP contribution in [0.1, 0.15) is 37.9 Å². The third kappa shape index (κ3) is 3.42. The molecule has 1 aromatic rings. The van der Waals surface area contributed by atoms with Crippen LogP contribution in [0.25, 0.3) is 0 Å². The predicted octanol–water partition coefficient (Wildman–Crippen LogP) is 1.72. The Balaban J connectivity index is 1.68. The zero-order chi connectivity index (χ0) is 14.0. The molecule has 6 heteroatoms. The minimum Gasteiger partial charge on any atom is -0.468 e. The fourth-order valence-electron chi connectivity index (χ4n) is 2.79. The lowest BCUT2D eigenvalue weighted by atomic mass is 10.1. The molecule has 1 saturated carbocycles. The smallest absolute Gasteiger partial charge is 0.216 e. The maximum Gasteiger partial charge on any atom is 0.216 e. The SMILES string of the molecule is O=S(=O)(CC1CCCCN1)N(Cc1ccco1)C1CC1. The van der Waals surface area contributed by atoms with Gasteiger partial charge in [0, 0.05) is 12.1 Å². The zero-order valence-electron chi connectivity index (χ0n) is 11.6. The number of nitrogens with zero attached hydrogens (tertiary/aromatic N) is 1. The average molecular weight is 298 g/mol. The van der Waals surface area contributed by atoms with Crippen molar-refractivity contribution in [2.45, 2.75) is 50.7 Å². The minimum absolute atomic E-state index is 0.103. The van der Waals surface area contributed by atoms with E-state index >= 15 is 0 Å². The van der Waals surface area contributed by atoms with E-state index in [1.54, 1.807) is 16.6 Å². The molecule has 0 bridgehead atoms. The van der Waals surface area contributed by atoms with Crippen LogP contribution in [0.5, 0.6) is 0 Å². The van der Waals surface area contributed by atoms with E-state index in [1.807, 2.05) is 6.07 Å². The summed E-state index contributed by atoms with van der Waals surface area (Å²) >= 11 is 0. The summed E-state index contributed by atoms with van der Waals surface area (Å²) in [5.74, 6) is 0.932. The monoisotopic (exact) mass is 298 g/mol. The van der Waals surface area contributed by atoms with Gasteiger partial charge in [-0.15, -0.1) is 0 Å². The van der Waals surface area contributed by atoms with E-state index in [0.29, 0.717) is 6.54 Å². The van der Waals surface area contributed by atoms with Crippen LogP contribution < -0.4 is 5.32 Å². The summed E-state index contributed by atoms with van der Waals surface area (Å²) in [4.78, 5) is 0. The van der Waals surface area contributed by atoms with Gasteiger partial charge < -0.3 is 9.73 Å². The first-order valence-electron chi connectivity index (χ1n) is 7.40. The molecule has 1 aliphatic heterocycles. The molecular weight excluding hydrogens is 276 g/mol. The fraction of sp³-hybridized carbons (Fsp3) is 0.714. The molecule has 1 N–H and O–H groups in total. The summed E-state index contributed by atoms with van der Waals surface area (Å²) in [6.07, 6.45) is 6.76. The maximum atomic E-state index is 12.7. The van der Waals surface area contributed by atoms with Crippen molar-refractivity contribution in [1.29, 1.82) is 0 Å². The Bertz CT molecular complexity index is 517. The Morgan fingerprint density at radius 1 is 1.30 bits per heavy atom. The van der Waals surface area contributed by atoms with Gasteiger partial charge >= 0.3 is 0 Å². The van der Waals surface area contributed by atoms with Crippen molar-refractivity contribution < 1.29 is 12.8 Å². The second-order valence-corrected chi connectivity index (χ2v) is 7.75. The molecule has 2 fully saturated rings. The van der Waals surface area contributed by atoms with Crippen LogP contribution in [0.2, 0.25) is 0 Å². The van der Waals surface area contributed by atoms with Crippen molar-refractivity contribution in [2.24, 2.45) is 0 Å². The molecule has 5 nitrogen and oxygen atoms in total. The lowest BCUT2D eigenvalue weighted by Gasteiger charge is -2.27. The largest absolute Gasteiger partial charge is 0.468 e. The molecule has 0 amide bonds. The Morgan fingerprint density at radius 3 is 2.75 bits per heavy atom. The van der Waals surface area contributed by atoms with Crippen molar-refractivity contribution in [3.8, 4) is 0 Å². The van der Waals surface area contributed by atoms with E-state index < -0.39 is 10.0 Å². The Hall–Kier alpha value is -0.850. The summed E-state index contributed by atoms with van der Waals surface area (Å²) < 4.78 is 32.2. The first kappa shape index (κ1) is 14.1. The normalized spacial score (nSPS) is 24.1. The molecule has 1 aliphatic carbocycles. The highest BCUT2D eigenvalue weighted by Crippen LogP contribution is 2.31. The molecule has 0 aromatic carbocycles. The highest BCUT2D eigenvalue weighted by molar-refractivity contribution is 7.89. The molecule has 2 heterocycles. The van der Waals surface area contributed by atoms with Crippen LogP contribution in [-0.4, -0.2) is 37.1 Å². The topological polar surface area (TPSA) is 62.6 Å². The van der Waals surface area contributed by atoms with Gasteiger partial charge in [0.15, 0.2) is 0 Å². The Labute approximate surface area is 120 Å². The van der Waals surface area contributed by atoms with Gasteiger partial charge in [-0.1, -0.05) is 6.42 Å². The maximum absolute atomic E-state index is 12.7. The van der Waals surface area contributed by atoms with Crippen molar-refractivity contribution >= 4 is 10.0 Å². The highest BCUT2D eigenvalue weighted by atomic mass is 32.2. The summed E-state index contributed by atoms with van der Waals surface area (Å²) in [6.45, 7) is 1.30. The van der Waals surface area contributed by atoms with Crippen LogP contribution in [0.15, 0.2) is 22.8 Å². The molecule has 1 aromatic heterocycles. The van der Waals surface area contributed by atoms with Crippen LogP contribution in [0.4, 0.5) is 0 Å². The second kappa shape index (κ2) is 5.87. The van der Waals surface area contributed by atoms with Crippen LogP contribution >= 0.6 is 0 Å². The van der Waals surface area contributed by atoms with E-state index in [9.17, 15) is 8.42 Å². The number of piperidine rings is 1. The van der Waals surface area contributed by atoms with E-state index in [1.165, 1.54) is 0 Å². The zero-order valence-corrected chi connectivity index (χ0v) is 12.4. The van der Waals surface area contributed by atoms with Gasteiger partial charge in [-0.25, -0.2) is 8.42 Å². The molecule has 20 heavy (non-hydrogen) atoms. The van der Waals surface area contributed by atoms with Crippen LogP contribution in [-0.2, 0) is 16.6 Å². The van der Waals surface area contributed by atoms with Crippen molar-refractivity contribution in [2.75, 3.05) is 12.3 Å². The Morgan fingerprint density at radius 2 is 2.15 bits per heavy atom. The first-order chi connectivity index (χ1) is 9.65. The Kier molecular flexibility index (Phi) is 4.14. The average Bonchev–Trinajstić information content (AvgIpc) is 3.12. The number of furan rings is 1. The predicted molar refractivity (Wildman–Crippen MR) is 76.7 cm³/mol. The minimum atomic E-state index is -3.22. The van der Waals surface area contributed by atoms with E-state index in [2.05, 4.69) is 5.32 Å². The van der Waals surface area contributed by atoms with Gasteiger partial charge in [0.2, 0.25) is 10.0 Å². The molecule has 1 unspecified atom stereocenters. The molecule has 2 aliphatic rings. The third-order valence-electron chi connectivity index (χ3n) is 4.03. The molecule has 1 atom stereocenters. The third-order valence-corrected chi connectivity index (χ3v) is 5.99. The van der Waals surface area contributed by atoms with E-state index in [0.717, 1.165) is 44.4 Å². The molecule has 0 spiro atoms. The summed E-state index contributed by atoms with van der Waals surface area (Å²) in [6, 6.07) is 3.92. The fourth-order valence-corrected chi connectivity index (χ4v) is 4.76. The van der Waals surface area contributed by atoms with Crippen molar-refractivity contribution in [3.63, 3.8) is 0 Å². The van der Waals surface area contributed by atoms with Gasteiger partial charge in [-0.05, 0) is 44.4 Å². The van der Waals surface area contributed by atoms with Gasteiger partial charge in [-0.3, -0.25) is 0 Å². The van der Waals surface area contributed by atoms with Gasteiger partial charge in [-0.2, -0.15) is 4.31 Å². The number of rotatable bonds is 6. The van der Waals surface area contributed by atoms with Crippen molar-refractivity contribution in [3.05, 3.63) is 24.2 Å². The molecule has 1 saturated heterocycles. The summed E-state index contributed by atoms with van der Waals surface area (Å²) in [7, 11) is -3.22. The van der Waals surface area contributed by atoms with Crippen molar-refractivity contribution in [1.82, 2.24) is 9.62 Å². The molecule has 112 valence electrons. The van der Waals surface area contributed by atoms with Crippen LogP contribution in [0.3, 0.4) is 0 Å². The molecular formula is C14H22N2O3S. The number of sulfonamides is 1. The first-order valence-corrected chi connectivity index (χ1v) is 9.01. The molecule has 3 rings (SSSR count). The lowest BCUT2D eigenvalue weighted by Crippen LogP contribution is -2.44. The highest BCUT2D eigenvalue weighted by Gasteiger charge is 2.38. The van der Waals surface area contributed by atoms with Gasteiger partial charge in [0.05, 0.1) is 18.6 Å². The van der Waals surface area contributed by atoms with Gasteiger partial charge in [0.1, 0.15) is 5.76 Å². The van der Waals surface area contributed by atoms with Crippen LogP contribution in [0, 0.1) is 0 Å². The number of nitrogens with one attached hydrogen (secondary N) is 1. The molecule has 0 radical (unpaired) electrons. The lowest BCUT2D eigenvalue weighted by molar-refractivity contribution is 0.349.